The van der Waals surface area contributed by atoms with Crippen molar-refractivity contribution in [1.29, 1.82) is 0 Å². The molecule has 194 valence electrons. The minimum Gasteiger partial charge on any atom is -0.351 e. The Kier molecular flexibility index (Phi) is 8.38. The van der Waals surface area contributed by atoms with Gasteiger partial charge in [0.2, 0.25) is 11.8 Å². The average molecular weight is 517 g/mol. The van der Waals surface area contributed by atoms with Crippen LogP contribution in [-0.4, -0.2) is 50.2 Å². The van der Waals surface area contributed by atoms with Gasteiger partial charge in [0.15, 0.2) is 0 Å². The first-order valence-electron chi connectivity index (χ1n) is 12.4. The van der Waals surface area contributed by atoms with Gasteiger partial charge in [0, 0.05) is 37.8 Å². The van der Waals surface area contributed by atoms with E-state index in [1.807, 2.05) is 19.1 Å². The van der Waals surface area contributed by atoms with E-state index in [1.165, 1.54) is 27.4 Å². The Bertz CT molecular complexity index is 1200. The van der Waals surface area contributed by atoms with Crippen molar-refractivity contribution in [2.24, 2.45) is 0 Å². The van der Waals surface area contributed by atoms with Crippen LogP contribution in [0.1, 0.15) is 55.7 Å². The Hall–Kier alpha value is -2.82. The molecular formula is C26H33FN4O4S. The Labute approximate surface area is 212 Å². The van der Waals surface area contributed by atoms with Crippen LogP contribution in [0.15, 0.2) is 48.5 Å². The summed E-state index contributed by atoms with van der Waals surface area (Å²) in [7, 11) is -3.62. The van der Waals surface area contributed by atoms with Crippen molar-refractivity contribution in [2.75, 3.05) is 24.5 Å². The minimum absolute atomic E-state index is 0.0154. The number of nitrogens with one attached hydrogen (secondary N) is 2. The molecule has 2 aliphatic rings. The first-order valence-corrected chi connectivity index (χ1v) is 13.9. The summed E-state index contributed by atoms with van der Waals surface area (Å²) in [6.45, 7) is 2.64. The van der Waals surface area contributed by atoms with Crippen molar-refractivity contribution in [3.63, 3.8) is 0 Å². The highest BCUT2D eigenvalue weighted by molar-refractivity contribution is 7.87. The van der Waals surface area contributed by atoms with Gasteiger partial charge >= 0.3 is 0 Å². The molecule has 0 spiro atoms. The third-order valence-electron chi connectivity index (χ3n) is 6.67. The van der Waals surface area contributed by atoms with E-state index in [0.29, 0.717) is 18.7 Å². The van der Waals surface area contributed by atoms with Crippen LogP contribution in [0.2, 0.25) is 0 Å². The van der Waals surface area contributed by atoms with Crippen molar-refractivity contribution >= 4 is 27.7 Å². The van der Waals surface area contributed by atoms with Gasteiger partial charge in [0.25, 0.3) is 10.2 Å². The van der Waals surface area contributed by atoms with E-state index in [1.54, 1.807) is 18.2 Å². The Morgan fingerprint density at radius 1 is 1.08 bits per heavy atom. The second-order valence-electron chi connectivity index (χ2n) is 9.39. The number of aryl methyl sites for hydroxylation is 1. The Morgan fingerprint density at radius 3 is 2.47 bits per heavy atom. The first-order chi connectivity index (χ1) is 17.3. The lowest BCUT2D eigenvalue weighted by molar-refractivity contribution is -0.127. The summed E-state index contributed by atoms with van der Waals surface area (Å²) in [5.41, 5.74) is 1.69. The number of nitrogens with zero attached hydrogens (tertiary/aromatic N) is 2. The number of anilines is 1. The van der Waals surface area contributed by atoms with Gasteiger partial charge in [0.1, 0.15) is 11.9 Å². The number of benzene rings is 2. The molecule has 10 heteroatoms. The van der Waals surface area contributed by atoms with Crippen LogP contribution in [0.4, 0.5) is 10.1 Å². The van der Waals surface area contributed by atoms with Gasteiger partial charge in [-0.2, -0.15) is 12.7 Å². The number of carbonyl (C=O) groups excluding carboxylic acids is 2. The number of hydrogen-bond donors (Lipinski definition) is 2. The molecule has 8 nitrogen and oxygen atoms in total. The zero-order valence-corrected chi connectivity index (χ0v) is 21.3. The maximum absolute atomic E-state index is 14.3. The highest BCUT2D eigenvalue weighted by Crippen LogP contribution is 2.31. The molecule has 2 N–H and O–H groups in total. The second-order valence-corrected chi connectivity index (χ2v) is 11.1. The molecule has 2 amide bonds. The third kappa shape index (κ3) is 6.48. The van der Waals surface area contributed by atoms with Crippen LogP contribution in [0.3, 0.4) is 0 Å². The van der Waals surface area contributed by atoms with Gasteiger partial charge in [-0.1, -0.05) is 49.6 Å². The van der Waals surface area contributed by atoms with Gasteiger partial charge in [-0.25, -0.2) is 9.11 Å². The summed E-state index contributed by atoms with van der Waals surface area (Å²) in [6.07, 6.45) is 4.75. The molecule has 4 rings (SSSR count). The summed E-state index contributed by atoms with van der Waals surface area (Å²) in [4.78, 5) is 28.7. The summed E-state index contributed by atoms with van der Waals surface area (Å²) < 4.78 is 42.3. The topological polar surface area (TPSA) is 98.6 Å². The van der Waals surface area contributed by atoms with Gasteiger partial charge in [-0.15, -0.1) is 0 Å². The van der Waals surface area contributed by atoms with E-state index >= 15 is 0 Å². The van der Waals surface area contributed by atoms with Crippen molar-refractivity contribution in [3.8, 4) is 0 Å². The minimum atomic E-state index is -3.62. The third-order valence-corrected chi connectivity index (χ3v) is 8.28. The van der Waals surface area contributed by atoms with E-state index in [9.17, 15) is 22.4 Å². The second kappa shape index (κ2) is 11.5. The number of carbonyl (C=O) groups is 2. The number of rotatable bonds is 10. The molecule has 0 bridgehead atoms. The molecule has 2 aromatic rings. The lowest BCUT2D eigenvalue weighted by Crippen LogP contribution is -2.48. The van der Waals surface area contributed by atoms with Gasteiger partial charge < -0.3 is 5.32 Å². The molecule has 1 aliphatic carbocycles. The molecule has 1 saturated heterocycles. The lowest BCUT2D eigenvalue weighted by Gasteiger charge is -2.34. The summed E-state index contributed by atoms with van der Waals surface area (Å²) in [6, 6.07) is 11.9. The van der Waals surface area contributed by atoms with Gasteiger partial charge in [-0.05, 0) is 49.1 Å². The lowest BCUT2D eigenvalue weighted by atomic mass is 9.93. The SMILES string of the molecule is Cc1ccccc1C(C(=O)NC1CCCCC1)N(C(=O)CCNS(=O)(=O)N1CC1)c1cccc(F)c1. The molecule has 0 aromatic heterocycles. The van der Waals surface area contributed by atoms with Crippen LogP contribution in [0.25, 0.3) is 0 Å². The molecule has 0 radical (unpaired) electrons. The van der Waals surface area contributed by atoms with Crippen molar-refractivity contribution < 1.29 is 22.4 Å². The molecule has 1 atom stereocenters. The fraction of sp³-hybridized carbons (Fsp3) is 0.462. The average Bonchev–Trinajstić information content (AvgIpc) is 3.70. The molecular weight excluding hydrogens is 483 g/mol. The van der Waals surface area contributed by atoms with Crippen LogP contribution < -0.4 is 14.9 Å². The smallest absolute Gasteiger partial charge is 0.279 e. The predicted octanol–water partition coefficient (Wildman–Crippen LogP) is 3.20. The van der Waals surface area contributed by atoms with E-state index in [2.05, 4.69) is 10.0 Å². The standard InChI is InChI=1S/C26H33FN4O4S/c1-19-8-5-6-13-23(19)25(26(33)29-21-10-3-2-4-11-21)31(22-12-7-9-20(27)18-22)24(32)14-15-28-36(34,35)30-16-17-30/h5-9,12-13,18,21,25,28H,2-4,10-11,14-17H2,1H3,(H,29,33). The number of halogens is 1. The fourth-order valence-electron chi connectivity index (χ4n) is 4.66. The van der Waals surface area contributed by atoms with Gasteiger partial charge in [0.05, 0.1) is 0 Å². The Morgan fingerprint density at radius 2 is 1.81 bits per heavy atom. The van der Waals surface area contributed by atoms with Crippen molar-refractivity contribution in [2.45, 2.75) is 57.5 Å². The maximum Gasteiger partial charge on any atom is 0.279 e. The van der Waals surface area contributed by atoms with Crippen molar-refractivity contribution in [1.82, 2.24) is 14.3 Å². The molecule has 1 unspecified atom stereocenters. The summed E-state index contributed by atoms with van der Waals surface area (Å²) in [5.74, 6) is -1.36. The van der Waals surface area contributed by atoms with Crippen LogP contribution >= 0.6 is 0 Å². The van der Waals surface area contributed by atoms with Crippen LogP contribution in [0, 0.1) is 12.7 Å². The molecule has 1 saturated carbocycles. The zero-order valence-electron chi connectivity index (χ0n) is 20.5. The van der Waals surface area contributed by atoms with Crippen LogP contribution in [-0.2, 0) is 19.8 Å². The van der Waals surface area contributed by atoms with Gasteiger partial charge in [-0.3, -0.25) is 14.5 Å². The van der Waals surface area contributed by atoms with Crippen molar-refractivity contribution in [3.05, 3.63) is 65.5 Å². The molecule has 36 heavy (non-hydrogen) atoms. The van der Waals surface area contributed by atoms with Crippen LogP contribution in [0.5, 0.6) is 0 Å². The first kappa shape index (κ1) is 26.2. The fourth-order valence-corrected chi connectivity index (χ4v) is 5.77. The zero-order chi connectivity index (χ0) is 25.7. The Balaban J connectivity index is 1.66. The normalized spacial score (nSPS) is 17.4. The quantitative estimate of drug-likeness (QED) is 0.474. The predicted molar refractivity (Wildman–Crippen MR) is 136 cm³/mol. The summed E-state index contributed by atoms with van der Waals surface area (Å²) in [5, 5.41) is 3.12. The largest absolute Gasteiger partial charge is 0.351 e. The van der Waals surface area contributed by atoms with E-state index in [4.69, 9.17) is 0 Å². The number of amides is 2. The van der Waals surface area contributed by atoms with E-state index in [0.717, 1.165) is 37.7 Å². The molecule has 1 aliphatic heterocycles. The maximum atomic E-state index is 14.3. The monoisotopic (exact) mass is 516 g/mol. The number of hydrogen-bond acceptors (Lipinski definition) is 4. The van der Waals surface area contributed by atoms with E-state index in [-0.39, 0.29) is 30.6 Å². The highest BCUT2D eigenvalue weighted by Gasteiger charge is 2.36. The summed E-state index contributed by atoms with van der Waals surface area (Å²) >= 11 is 0. The molecule has 1 heterocycles. The van der Waals surface area contributed by atoms with E-state index < -0.39 is 28.0 Å². The molecule has 2 aromatic carbocycles. The molecule has 2 fully saturated rings. The highest BCUT2D eigenvalue weighted by atomic mass is 32.2.